The molecule has 0 aliphatic rings. The number of rotatable bonds is 17. The van der Waals surface area contributed by atoms with Crippen LogP contribution in [0.15, 0.2) is 48.6 Å². The normalized spacial score (nSPS) is 10.8. The van der Waals surface area contributed by atoms with Gasteiger partial charge in [0.1, 0.15) is 11.5 Å². The molecule has 0 amide bonds. The molecule has 0 aliphatic heterocycles. The fraction of sp³-hybridized carbons (Fsp3) is 0.471. The summed E-state index contributed by atoms with van der Waals surface area (Å²) in [6.07, 6.45) is 6.13. The maximum absolute atomic E-state index is 11.8. The van der Waals surface area contributed by atoms with E-state index < -0.39 is 0 Å². The molecule has 2 aromatic rings. The molecule has 38 heavy (non-hydrogen) atoms. The van der Waals surface area contributed by atoms with Gasteiger partial charge in [-0.2, -0.15) is 0 Å². The summed E-state index contributed by atoms with van der Waals surface area (Å²) in [5, 5.41) is 0. The topological polar surface area (TPSA) is 52.6 Å². The van der Waals surface area contributed by atoms with Gasteiger partial charge in [0.05, 0.1) is 13.2 Å². The Morgan fingerprint density at radius 3 is 1.34 bits per heavy atom. The van der Waals surface area contributed by atoms with E-state index in [0.717, 1.165) is 61.2 Å². The van der Waals surface area contributed by atoms with Crippen molar-refractivity contribution in [3.05, 3.63) is 70.8 Å². The molecule has 0 saturated carbocycles. The highest BCUT2D eigenvalue weighted by molar-refractivity contribution is 5.94. The van der Waals surface area contributed by atoms with Gasteiger partial charge in [0.2, 0.25) is 0 Å². The summed E-state index contributed by atoms with van der Waals surface area (Å²) in [5.74, 6) is 2.18. The van der Waals surface area contributed by atoms with Crippen molar-refractivity contribution in [3.63, 3.8) is 0 Å². The smallest absolute Gasteiger partial charge is 0.157 e. The van der Waals surface area contributed by atoms with Crippen LogP contribution in [-0.4, -0.2) is 24.8 Å². The molecule has 2 rings (SSSR count). The maximum Gasteiger partial charge on any atom is 0.157 e. The van der Waals surface area contributed by atoms with E-state index in [0.29, 0.717) is 37.2 Å². The van der Waals surface area contributed by atoms with E-state index in [1.165, 1.54) is 22.3 Å². The number of ketones is 2. The Labute approximate surface area is 230 Å². The lowest BCUT2D eigenvalue weighted by atomic mass is 9.94. The lowest BCUT2D eigenvalue weighted by Gasteiger charge is -2.18. The lowest BCUT2D eigenvalue weighted by molar-refractivity contribution is -0.116. The van der Waals surface area contributed by atoms with Crippen LogP contribution in [0.1, 0.15) is 88.5 Å². The SMILES string of the molecule is C=C(C)C(=O)CCCCOc1c(C)cc(-c2cc(C)c(OCCCCC(=O)C(=C)C)c(CC)c2)cc1CC. The summed E-state index contributed by atoms with van der Waals surface area (Å²) >= 11 is 0. The summed E-state index contributed by atoms with van der Waals surface area (Å²) in [6.45, 7) is 20.7. The first-order chi connectivity index (χ1) is 18.1. The summed E-state index contributed by atoms with van der Waals surface area (Å²) in [6, 6.07) is 8.87. The number of carbonyl (C=O) groups is 2. The van der Waals surface area contributed by atoms with E-state index in [1.807, 2.05) is 0 Å². The maximum atomic E-state index is 11.8. The van der Waals surface area contributed by atoms with Gasteiger partial charge >= 0.3 is 0 Å². The highest BCUT2D eigenvalue weighted by Crippen LogP contribution is 2.35. The summed E-state index contributed by atoms with van der Waals surface area (Å²) in [5.41, 5.74) is 8.24. The first-order valence-corrected chi connectivity index (χ1v) is 14.0. The number of ether oxygens (including phenoxy) is 2. The average Bonchev–Trinajstić information content (AvgIpc) is 2.88. The fourth-order valence-corrected chi connectivity index (χ4v) is 4.52. The zero-order chi connectivity index (χ0) is 28.2. The van der Waals surface area contributed by atoms with Crippen LogP contribution in [-0.2, 0) is 22.4 Å². The molecule has 206 valence electrons. The second kappa shape index (κ2) is 15.3. The minimum atomic E-state index is 0.132. The largest absolute Gasteiger partial charge is 0.493 e. The van der Waals surface area contributed by atoms with Gasteiger partial charge in [0, 0.05) is 12.8 Å². The van der Waals surface area contributed by atoms with E-state index in [2.05, 4.69) is 65.1 Å². The molecule has 0 aromatic heterocycles. The van der Waals surface area contributed by atoms with Gasteiger partial charge in [-0.25, -0.2) is 0 Å². The fourth-order valence-electron chi connectivity index (χ4n) is 4.52. The van der Waals surface area contributed by atoms with Crippen molar-refractivity contribution in [1.82, 2.24) is 0 Å². The second-order valence-corrected chi connectivity index (χ2v) is 10.3. The third-order valence-corrected chi connectivity index (χ3v) is 6.84. The van der Waals surface area contributed by atoms with Gasteiger partial charge in [-0.15, -0.1) is 0 Å². The molecule has 0 atom stereocenters. The van der Waals surface area contributed by atoms with Gasteiger partial charge in [0.25, 0.3) is 0 Å². The van der Waals surface area contributed by atoms with Gasteiger partial charge < -0.3 is 9.47 Å². The van der Waals surface area contributed by atoms with Crippen molar-refractivity contribution in [2.24, 2.45) is 0 Å². The Bertz CT molecular complexity index is 1060. The molecule has 0 aliphatic carbocycles. The van der Waals surface area contributed by atoms with Crippen LogP contribution in [0.5, 0.6) is 11.5 Å². The zero-order valence-corrected chi connectivity index (χ0v) is 24.4. The minimum Gasteiger partial charge on any atom is -0.493 e. The van der Waals surface area contributed by atoms with Crippen LogP contribution in [0.4, 0.5) is 0 Å². The molecule has 0 radical (unpaired) electrons. The second-order valence-electron chi connectivity index (χ2n) is 10.3. The summed E-state index contributed by atoms with van der Waals surface area (Å²) in [7, 11) is 0. The monoisotopic (exact) mass is 518 g/mol. The van der Waals surface area contributed by atoms with Crippen molar-refractivity contribution in [3.8, 4) is 22.6 Å². The zero-order valence-electron chi connectivity index (χ0n) is 24.4. The Balaban J connectivity index is 2.10. The molecule has 0 unspecified atom stereocenters. The van der Waals surface area contributed by atoms with E-state index >= 15 is 0 Å². The van der Waals surface area contributed by atoms with Crippen molar-refractivity contribution < 1.29 is 19.1 Å². The Morgan fingerprint density at radius 1 is 0.658 bits per heavy atom. The van der Waals surface area contributed by atoms with Crippen molar-refractivity contribution in [2.75, 3.05) is 13.2 Å². The van der Waals surface area contributed by atoms with E-state index in [4.69, 9.17) is 9.47 Å². The third-order valence-electron chi connectivity index (χ3n) is 6.84. The van der Waals surface area contributed by atoms with Crippen molar-refractivity contribution in [2.45, 2.75) is 92.9 Å². The third kappa shape index (κ3) is 9.01. The molecule has 4 heteroatoms. The molecular weight excluding hydrogens is 472 g/mol. The van der Waals surface area contributed by atoms with E-state index in [9.17, 15) is 9.59 Å². The Hall–Kier alpha value is -3.14. The molecule has 0 saturated heterocycles. The highest BCUT2D eigenvalue weighted by Gasteiger charge is 2.14. The Morgan fingerprint density at radius 2 is 1.03 bits per heavy atom. The summed E-state index contributed by atoms with van der Waals surface area (Å²) < 4.78 is 12.4. The van der Waals surface area contributed by atoms with Crippen LogP contribution in [0.2, 0.25) is 0 Å². The van der Waals surface area contributed by atoms with Crippen LogP contribution in [0.25, 0.3) is 11.1 Å². The first kappa shape index (κ1) is 31.1. The van der Waals surface area contributed by atoms with Gasteiger partial charge in [-0.3, -0.25) is 9.59 Å². The summed E-state index contributed by atoms with van der Waals surface area (Å²) in [4.78, 5) is 23.5. The predicted octanol–water partition coefficient (Wildman–Crippen LogP) is 8.48. The molecule has 0 heterocycles. The number of unbranched alkanes of at least 4 members (excludes halogenated alkanes) is 2. The van der Waals surface area contributed by atoms with Crippen molar-refractivity contribution in [1.29, 1.82) is 0 Å². The van der Waals surface area contributed by atoms with Gasteiger partial charge in [-0.1, -0.05) is 27.0 Å². The van der Waals surface area contributed by atoms with Gasteiger partial charge in [0.15, 0.2) is 11.6 Å². The molecule has 0 bridgehead atoms. The quantitative estimate of drug-likeness (QED) is 0.156. The first-order valence-electron chi connectivity index (χ1n) is 14.0. The minimum absolute atomic E-state index is 0.132. The number of aryl methyl sites for hydroxylation is 4. The van der Waals surface area contributed by atoms with Crippen molar-refractivity contribution >= 4 is 11.6 Å². The van der Waals surface area contributed by atoms with Gasteiger partial charge in [-0.05, 0) is 135 Å². The molecular formula is C34H46O4. The number of carbonyl (C=O) groups excluding carboxylic acids is 2. The number of hydrogen-bond acceptors (Lipinski definition) is 4. The molecule has 2 aromatic carbocycles. The van der Waals surface area contributed by atoms with Crippen LogP contribution in [0.3, 0.4) is 0 Å². The van der Waals surface area contributed by atoms with E-state index in [-0.39, 0.29) is 11.6 Å². The lowest BCUT2D eigenvalue weighted by Crippen LogP contribution is -2.05. The number of benzene rings is 2. The molecule has 4 nitrogen and oxygen atoms in total. The number of hydrogen-bond donors (Lipinski definition) is 0. The highest BCUT2D eigenvalue weighted by atomic mass is 16.5. The Kier molecular flexibility index (Phi) is 12.5. The van der Waals surface area contributed by atoms with E-state index in [1.54, 1.807) is 13.8 Å². The standard InChI is InChI=1S/C34H46O4/c1-9-27-21-29(19-25(7)33(27)37-17-13-11-15-31(35)23(3)4)30-20-26(8)34(28(10-2)22-30)38-18-14-12-16-32(36)24(5)6/h19-22H,3,5,9-18H2,1-2,4,6-8H3. The van der Waals surface area contributed by atoms with Crippen LogP contribution in [0, 0.1) is 13.8 Å². The molecule has 0 fully saturated rings. The molecule has 0 spiro atoms. The predicted molar refractivity (Wildman–Crippen MR) is 158 cm³/mol. The van der Waals surface area contributed by atoms with Crippen LogP contribution >= 0.6 is 0 Å². The average molecular weight is 519 g/mol. The number of Topliss-reactive ketones (excluding diaryl/α,β-unsaturated/α-hetero) is 2. The molecule has 0 N–H and O–H groups in total. The van der Waals surface area contributed by atoms with Crippen LogP contribution < -0.4 is 9.47 Å². The number of allylic oxidation sites excluding steroid dienone is 2.